The third-order valence-corrected chi connectivity index (χ3v) is 3.24. The molecule has 1 aromatic carbocycles. The number of carbonyl (C=O) groups excluding carboxylic acids is 1. The average molecular weight is 287 g/mol. The fourth-order valence-electron chi connectivity index (χ4n) is 1.91. The molecule has 1 rings (SSSR count). The Kier molecular flexibility index (Phi) is 6.84. The molecule has 0 aliphatic carbocycles. The van der Waals surface area contributed by atoms with Gasteiger partial charge in [0.05, 0.1) is 12.7 Å². The Morgan fingerprint density at radius 1 is 1.16 bits per heavy atom. The van der Waals surface area contributed by atoms with Crippen LogP contribution in [-0.4, -0.2) is 36.5 Å². The van der Waals surface area contributed by atoms with Gasteiger partial charge in [0.15, 0.2) is 0 Å². The van der Waals surface area contributed by atoms with E-state index in [2.05, 4.69) is 0 Å². The smallest absolute Gasteiger partial charge is 0.338 e. The molecule has 0 aromatic heterocycles. The van der Waals surface area contributed by atoms with Gasteiger partial charge in [0.25, 0.3) is 0 Å². The second-order valence-corrected chi connectivity index (χ2v) is 4.65. The number of esters is 1. The first-order chi connectivity index (χ1) is 9.13. The highest BCUT2D eigenvalue weighted by atomic mass is 35.5. The molecular formula is C14H19ClO4. The first kappa shape index (κ1) is 16.0. The summed E-state index contributed by atoms with van der Waals surface area (Å²) in [6.07, 6.45) is 2.44. The summed E-state index contributed by atoms with van der Waals surface area (Å²) >= 11 is 6.13. The fraction of sp³-hybridized carbons (Fsp3) is 0.500. The van der Waals surface area contributed by atoms with Gasteiger partial charge < -0.3 is 14.9 Å². The van der Waals surface area contributed by atoms with E-state index in [1.807, 2.05) is 6.07 Å². The van der Waals surface area contributed by atoms with Gasteiger partial charge in [-0.25, -0.2) is 4.79 Å². The van der Waals surface area contributed by atoms with Crippen LogP contribution in [0.4, 0.5) is 0 Å². The zero-order chi connectivity index (χ0) is 14.3. The molecule has 0 amide bonds. The number of halogens is 1. The van der Waals surface area contributed by atoms with Gasteiger partial charge in [-0.05, 0) is 42.9 Å². The molecule has 4 nitrogen and oxygen atoms in total. The van der Waals surface area contributed by atoms with E-state index < -0.39 is 5.97 Å². The molecule has 0 aliphatic rings. The van der Waals surface area contributed by atoms with Crippen molar-refractivity contribution < 1.29 is 19.7 Å². The molecule has 1 aromatic rings. The Morgan fingerprint density at radius 3 is 2.26 bits per heavy atom. The lowest BCUT2D eigenvalue weighted by Crippen LogP contribution is -2.08. The van der Waals surface area contributed by atoms with Crippen LogP contribution < -0.4 is 0 Å². The van der Waals surface area contributed by atoms with Crippen molar-refractivity contribution in [3.8, 4) is 0 Å². The lowest BCUT2D eigenvalue weighted by atomic mass is 9.98. The van der Waals surface area contributed by atoms with Gasteiger partial charge in [-0.3, -0.25) is 0 Å². The van der Waals surface area contributed by atoms with Crippen LogP contribution in [0.25, 0.3) is 0 Å². The monoisotopic (exact) mass is 286 g/mol. The van der Waals surface area contributed by atoms with Crippen LogP contribution in [0.3, 0.4) is 0 Å². The minimum atomic E-state index is -0.427. The number of rotatable bonds is 7. The first-order valence-electron chi connectivity index (χ1n) is 6.25. The number of aliphatic hydroxyl groups is 2. The van der Waals surface area contributed by atoms with Crippen molar-refractivity contribution in [2.24, 2.45) is 0 Å². The molecule has 0 bridgehead atoms. The zero-order valence-corrected chi connectivity index (χ0v) is 11.7. The SMILES string of the molecule is COC(=O)c1cc(Cl)c(CCCO)cc1CCCO. The predicted molar refractivity (Wildman–Crippen MR) is 73.6 cm³/mol. The average Bonchev–Trinajstić information content (AvgIpc) is 2.43. The number of carbonyl (C=O) groups is 1. The maximum Gasteiger partial charge on any atom is 0.338 e. The lowest BCUT2D eigenvalue weighted by Gasteiger charge is -2.12. The molecule has 0 unspecified atom stereocenters. The zero-order valence-electron chi connectivity index (χ0n) is 11.0. The second-order valence-electron chi connectivity index (χ2n) is 4.25. The van der Waals surface area contributed by atoms with Crippen molar-refractivity contribution in [3.63, 3.8) is 0 Å². The van der Waals surface area contributed by atoms with Gasteiger partial charge in [0.1, 0.15) is 0 Å². The molecular weight excluding hydrogens is 268 g/mol. The minimum Gasteiger partial charge on any atom is -0.465 e. The Labute approximate surface area is 118 Å². The third-order valence-electron chi connectivity index (χ3n) is 2.89. The summed E-state index contributed by atoms with van der Waals surface area (Å²) in [6.45, 7) is 0.163. The number of hydrogen-bond donors (Lipinski definition) is 2. The van der Waals surface area contributed by atoms with Gasteiger partial charge >= 0.3 is 5.97 Å². The highest BCUT2D eigenvalue weighted by Crippen LogP contribution is 2.24. The van der Waals surface area contributed by atoms with Crippen molar-refractivity contribution in [1.82, 2.24) is 0 Å². The van der Waals surface area contributed by atoms with Crippen LogP contribution >= 0.6 is 11.6 Å². The van der Waals surface area contributed by atoms with E-state index in [-0.39, 0.29) is 13.2 Å². The van der Waals surface area contributed by atoms with Crippen LogP contribution in [0.5, 0.6) is 0 Å². The van der Waals surface area contributed by atoms with E-state index in [0.717, 1.165) is 11.1 Å². The lowest BCUT2D eigenvalue weighted by molar-refractivity contribution is 0.0599. The summed E-state index contributed by atoms with van der Waals surface area (Å²) in [5.41, 5.74) is 2.16. The van der Waals surface area contributed by atoms with E-state index in [9.17, 15) is 4.79 Å². The molecule has 5 heteroatoms. The summed E-state index contributed by atoms with van der Waals surface area (Å²) in [4.78, 5) is 11.7. The van der Waals surface area contributed by atoms with Crippen molar-refractivity contribution in [1.29, 1.82) is 0 Å². The number of ether oxygens (including phenoxy) is 1. The van der Waals surface area contributed by atoms with Crippen LogP contribution in [0.15, 0.2) is 12.1 Å². The van der Waals surface area contributed by atoms with E-state index in [0.29, 0.717) is 36.3 Å². The Balaban J connectivity index is 3.08. The summed E-state index contributed by atoms with van der Waals surface area (Å²) in [5.74, 6) is -0.427. The van der Waals surface area contributed by atoms with E-state index in [4.69, 9.17) is 26.6 Å². The Hall–Kier alpha value is -1.10. The molecule has 0 saturated heterocycles. The quantitative estimate of drug-likeness (QED) is 0.752. The third kappa shape index (κ3) is 4.49. The number of aryl methyl sites for hydroxylation is 2. The summed E-state index contributed by atoms with van der Waals surface area (Å²) in [7, 11) is 1.33. The molecule has 19 heavy (non-hydrogen) atoms. The molecule has 106 valence electrons. The first-order valence-corrected chi connectivity index (χ1v) is 6.63. The molecule has 0 aliphatic heterocycles. The standard InChI is InChI=1S/C14H19ClO4/c1-19-14(18)12-9-13(15)11(5-3-7-17)8-10(12)4-2-6-16/h8-9,16-17H,2-7H2,1H3. The normalized spacial score (nSPS) is 10.5. The topological polar surface area (TPSA) is 66.8 Å². The highest BCUT2D eigenvalue weighted by molar-refractivity contribution is 6.31. The molecule has 0 saturated carbocycles. The largest absolute Gasteiger partial charge is 0.465 e. The van der Waals surface area contributed by atoms with E-state index >= 15 is 0 Å². The highest BCUT2D eigenvalue weighted by Gasteiger charge is 2.15. The predicted octanol–water partition coefficient (Wildman–Crippen LogP) is 1.98. The van der Waals surface area contributed by atoms with Gasteiger partial charge in [-0.15, -0.1) is 0 Å². The maximum absolute atomic E-state index is 11.7. The van der Waals surface area contributed by atoms with Crippen LogP contribution in [0, 0.1) is 0 Å². The van der Waals surface area contributed by atoms with E-state index in [1.165, 1.54) is 7.11 Å². The molecule has 0 atom stereocenters. The number of benzene rings is 1. The van der Waals surface area contributed by atoms with Crippen molar-refractivity contribution in [2.75, 3.05) is 20.3 Å². The second kappa shape index (κ2) is 8.15. The summed E-state index contributed by atoms with van der Waals surface area (Å²) < 4.78 is 4.73. The van der Waals surface area contributed by atoms with E-state index in [1.54, 1.807) is 6.07 Å². The molecule has 0 fully saturated rings. The van der Waals surface area contributed by atoms with Crippen LogP contribution in [-0.2, 0) is 17.6 Å². The number of hydrogen-bond acceptors (Lipinski definition) is 4. The summed E-state index contributed by atoms with van der Waals surface area (Å²) in [6, 6.07) is 3.46. The maximum atomic E-state index is 11.7. The van der Waals surface area contributed by atoms with Gasteiger partial charge in [-0.2, -0.15) is 0 Å². The molecule has 0 heterocycles. The molecule has 0 radical (unpaired) electrons. The van der Waals surface area contributed by atoms with Crippen molar-refractivity contribution in [3.05, 3.63) is 33.8 Å². The fourth-order valence-corrected chi connectivity index (χ4v) is 2.16. The van der Waals surface area contributed by atoms with Gasteiger partial charge in [0.2, 0.25) is 0 Å². The van der Waals surface area contributed by atoms with Crippen molar-refractivity contribution >= 4 is 17.6 Å². The molecule has 0 spiro atoms. The molecule has 2 N–H and O–H groups in total. The van der Waals surface area contributed by atoms with Crippen LogP contribution in [0.2, 0.25) is 5.02 Å². The number of methoxy groups -OCH3 is 1. The summed E-state index contributed by atoms with van der Waals surface area (Å²) in [5, 5.41) is 18.3. The van der Waals surface area contributed by atoms with Crippen LogP contribution in [0.1, 0.15) is 34.3 Å². The minimum absolute atomic E-state index is 0.0647. The number of aliphatic hydroxyl groups excluding tert-OH is 2. The van der Waals surface area contributed by atoms with Crippen molar-refractivity contribution in [2.45, 2.75) is 25.7 Å². The van der Waals surface area contributed by atoms with Gasteiger partial charge in [-0.1, -0.05) is 17.7 Å². The Bertz CT molecular complexity index is 432. The Morgan fingerprint density at radius 2 is 1.74 bits per heavy atom. The van der Waals surface area contributed by atoms with Gasteiger partial charge in [0, 0.05) is 18.2 Å².